The molecule has 1 unspecified atom stereocenters. The number of phenols is 1. The van der Waals surface area contributed by atoms with Crippen molar-refractivity contribution in [3.05, 3.63) is 85.5 Å². The van der Waals surface area contributed by atoms with Gasteiger partial charge in [0.15, 0.2) is 28.8 Å². The van der Waals surface area contributed by atoms with Crippen LogP contribution in [0.25, 0.3) is 5.57 Å². The highest BCUT2D eigenvalue weighted by Gasteiger charge is 2.34. The lowest BCUT2D eigenvalue weighted by molar-refractivity contribution is -0.111. The third-order valence-electron chi connectivity index (χ3n) is 6.79. The molecule has 9 nitrogen and oxygen atoms in total. The van der Waals surface area contributed by atoms with Crippen LogP contribution in [0.3, 0.4) is 0 Å². The first kappa shape index (κ1) is 25.3. The number of aryl methyl sites for hydroxylation is 2. The number of anilines is 1. The molecule has 11 heteroatoms. The van der Waals surface area contributed by atoms with E-state index in [1.54, 1.807) is 37.3 Å². The van der Waals surface area contributed by atoms with Crippen LogP contribution in [0.2, 0.25) is 0 Å². The van der Waals surface area contributed by atoms with Gasteiger partial charge >= 0.3 is 0 Å². The van der Waals surface area contributed by atoms with E-state index in [1.807, 2.05) is 29.8 Å². The van der Waals surface area contributed by atoms with Gasteiger partial charge in [-0.3, -0.25) is 4.79 Å². The van der Waals surface area contributed by atoms with Crippen molar-refractivity contribution in [2.24, 2.45) is 0 Å². The van der Waals surface area contributed by atoms with Crippen molar-refractivity contribution < 1.29 is 28.6 Å². The van der Waals surface area contributed by atoms with Gasteiger partial charge < -0.3 is 34.1 Å². The van der Waals surface area contributed by atoms with Gasteiger partial charge in [-0.25, -0.2) is 0 Å². The first-order valence-electron chi connectivity index (χ1n) is 12.1. The number of fused-ring (bicyclic) bond motifs is 2. The highest BCUT2D eigenvalue weighted by atomic mass is 79.9. The average molecular weight is 610 g/mol. The maximum absolute atomic E-state index is 13.8. The van der Waals surface area contributed by atoms with E-state index >= 15 is 0 Å². The van der Waals surface area contributed by atoms with Gasteiger partial charge in [-0.1, -0.05) is 27.2 Å². The first-order valence-corrected chi connectivity index (χ1v) is 13.8. The highest BCUT2D eigenvalue weighted by Crippen LogP contribution is 2.46. The Labute approximate surface area is 236 Å². The van der Waals surface area contributed by atoms with Gasteiger partial charge in [0.25, 0.3) is 5.91 Å². The molecule has 2 N–H and O–H groups in total. The molecule has 200 valence electrons. The van der Waals surface area contributed by atoms with Crippen LogP contribution in [0.15, 0.2) is 57.0 Å². The number of hydrogen-bond acceptors (Lipinski definition) is 9. The van der Waals surface area contributed by atoms with Gasteiger partial charge in [0.2, 0.25) is 6.79 Å². The van der Waals surface area contributed by atoms with Crippen molar-refractivity contribution in [3.8, 4) is 23.0 Å². The molecule has 0 radical (unpaired) electrons. The zero-order valence-electron chi connectivity index (χ0n) is 21.3. The van der Waals surface area contributed by atoms with Gasteiger partial charge in [-0.05, 0) is 66.2 Å². The van der Waals surface area contributed by atoms with E-state index in [4.69, 9.17) is 18.7 Å². The van der Waals surface area contributed by atoms with Crippen LogP contribution in [-0.2, 0) is 11.3 Å². The smallest absolute Gasteiger partial charge is 0.257 e. The molecular formula is C28H24BrN3O6S. The maximum Gasteiger partial charge on any atom is 0.257 e. The summed E-state index contributed by atoms with van der Waals surface area (Å²) in [7, 11) is 1.51. The Kier molecular flexibility index (Phi) is 6.48. The summed E-state index contributed by atoms with van der Waals surface area (Å²) in [5.41, 5.74) is 3.87. The number of ether oxygens (including phenoxy) is 3. The molecule has 2 aliphatic rings. The Balaban J connectivity index is 1.49. The van der Waals surface area contributed by atoms with Gasteiger partial charge in [-0.15, -0.1) is 11.3 Å². The SMILES string of the molecule is COc1cc2c(cc1O)C(C(=O)Nc1c(C)noc1C)=CN(Cc1cc3c(cc1Br)OCO3)C2c1cccs1. The number of halogens is 1. The Morgan fingerprint density at radius 2 is 2.05 bits per heavy atom. The summed E-state index contributed by atoms with van der Waals surface area (Å²) in [4.78, 5) is 17.0. The van der Waals surface area contributed by atoms with Gasteiger partial charge in [0, 0.05) is 22.1 Å². The number of carbonyl (C=O) groups is 1. The fourth-order valence-corrected chi connectivity index (χ4v) is 6.21. The van der Waals surface area contributed by atoms with Crippen LogP contribution < -0.4 is 19.5 Å². The van der Waals surface area contributed by atoms with Gasteiger partial charge in [0.05, 0.1) is 18.7 Å². The third-order valence-corrected chi connectivity index (χ3v) is 8.45. The Hall–Kier alpha value is -3.96. The van der Waals surface area contributed by atoms with E-state index in [1.165, 1.54) is 7.11 Å². The molecule has 0 aliphatic carbocycles. The summed E-state index contributed by atoms with van der Waals surface area (Å²) in [6.07, 6.45) is 1.84. The van der Waals surface area contributed by atoms with Crippen molar-refractivity contribution in [2.75, 3.05) is 19.2 Å². The summed E-state index contributed by atoms with van der Waals surface area (Å²) in [5.74, 6) is 1.78. The molecule has 2 aromatic carbocycles. The lowest BCUT2D eigenvalue weighted by atomic mass is 9.88. The maximum atomic E-state index is 13.8. The van der Waals surface area contributed by atoms with Crippen molar-refractivity contribution in [1.29, 1.82) is 0 Å². The zero-order chi connectivity index (χ0) is 27.3. The molecule has 6 rings (SSSR count). The molecule has 39 heavy (non-hydrogen) atoms. The number of thiophene rings is 1. The molecule has 2 aliphatic heterocycles. The second-order valence-corrected chi connectivity index (χ2v) is 11.0. The Morgan fingerprint density at radius 1 is 1.26 bits per heavy atom. The van der Waals surface area contributed by atoms with Gasteiger partial charge in [-0.2, -0.15) is 0 Å². The molecule has 4 aromatic rings. The van der Waals surface area contributed by atoms with E-state index in [-0.39, 0.29) is 24.5 Å². The predicted molar refractivity (Wildman–Crippen MR) is 149 cm³/mol. The fraction of sp³-hybridized carbons (Fsp3) is 0.214. The molecule has 0 bridgehead atoms. The number of carbonyl (C=O) groups excluding carboxylic acids is 1. The molecule has 1 atom stereocenters. The highest BCUT2D eigenvalue weighted by molar-refractivity contribution is 9.10. The number of rotatable bonds is 6. The van der Waals surface area contributed by atoms with Crippen LogP contribution >= 0.6 is 27.3 Å². The van der Waals surface area contributed by atoms with Crippen LogP contribution in [0, 0.1) is 13.8 Å². The summed E-state index contributed by atoms with van der Waals surface area (Å²) < 4.78 is 22.7. The van der Waals surface area contributed by atoms with Crippen LogP contribution in [0.1, 0.15) is 39.1 Å². The molecule has 0 saturated carbocycles. The zero-order valence-corrected chi connectivity index (χ0v) is 23.7. The first-order chi connectivity index (χ1) is 18.8. The lowest BCUT2D eigenvalue weighted by Crippen LogP contribution is -2.31. The number of benzene rings is 2. The molecule has 0 saturated heterocycles. The van der Waals surface area contributed by atoms with E-state index in [9.17, 15) is 9.90 Å². The van der Waals surface area contributed by atoms with Crippen LogP contribution in [0.4, 0.5) is 5.69 Å². The monoisotopic (exact) mass is 609 g/mol. The largest absolute Gasteiger partial charge is 0.504 e. The van der Waals surface area contributed by atoms with Crippen molar-refractivity contribution >= 4 is 44.4 Å². The van der Waals surface area contributed by atoms with Gasteiger partial charge in [0.1, 0.15) is 11.4 Å². The standard InChI is InChI=1S/C28H24BrN3O6S/c1-14-26(15(2)38-31-14)30-28(34)19-12-32(11-16-7-23-24(10-20(16)29)37-13-36-23)27(25-5-4-6-39-25)18-9-22(35-3)21(33)8-17(18)19/h4-10,12,27,33H,11,13H2,1-3H3,(H,30,34). The molecule has 4 heterocycles. The average Bonchev–Trinajstić information content (AvgIpc) is 3.67. The predicted octanol–water partition coefficient (Wildman–Crippen LogP) is 6.14. The molecular weight excluding hydrogens is 586 g/mol. The molecule has 1 amide bonds. The number of nitrogens with one attached hydrogen (secondary N) is 1. The summed E-state index contributed by atoms with van der Waals surface area (Å²) in [6, 6.07) is 11.0. The third kappa shape index (κ3) is 4.51. The van der Waals surface area contributed by atoms with E-state index in [2.05, 4.69) is 37.4 Å². The van der Waals surface area contributed by atoms with Crippen molar-refractivity contribution in [2.45, 2.75) is 26.4 Å². The quantitative estimate of drug-likeness (QED) is 0.268. The number of phenolic OH excluding ortho intramolecular Hbond substituents is 1. The minimum Gasteiger partial charge on any atom is -0.504 e. The van der Waals surface area contributed by atoms with Crippen LogP contribution in [-0.4, -0.2) is 35.0 Å². The van der Waals surface area contributed by atoms with Crippen LogP contribution in [0.5, 0.6) is 23.0 Å². The number of methoxy groups -OCH3 is 1. The topological polar surface area (TPSA) is 106 Å². The fourth-order valence-electron chi connectivity index (χ4n) is 4.90. The number of aromatic nitrogens is 1. The molecule has 0 spiro atoms. The second kappa shape index (κ2) is 9.97. The summed E-state index contributed by atoms with van der Waals surface area (Å²) in [5, 5.41) is 19.6. The molecule has 0 fully saturated rings. The minimum atomic E-state index is -0.352. The van der Waals surface area contributed by atoms with Crippen molar-refractivity contribution in [3.63, 3.8) is 0 Å². The molecule has 2 aromatic heterocycles. The van der Waals surface area contributed by atoms with E-state index < -0.39 is 0 Å². The summed E-state index contributed by atoms with van der Waals surface area (Å²) in [6.45, 7) is 4.13. The second-order valence-electron chi connectivity index (χ2n) is 9.19. The number of aromatic hydroxyl groups is 1. The summed E-state index contributed by atoms with van der Waals surface area (Å²) >= 11 is 5.29. The lowest BCUT2D eigenvalue weighted by Gasteiger charge is -2.37. The number of amides is 1. The minimum absolute atomic E-state index is 0.0517. The normalized spacial score (nSPS) is 15.6. The van der Waals surface area contributed by atoms with E-state index in [0.29, 0.717) is 52.1 Å². The van der Waals surface area contributed by atoms with Crippen molar-refractivity contribution in [1.82, 2.24) is 10.1 Å². The van der Waals surface area contributed by atoms with E-state index in [0.717, 1.165) is 20.5 Å². The Morgan fingerprint density at radius 3 is 2.74 bits per heavy atom. The number of nitrogens with zero attached hydrogens (tertiary/aromatic N) is 2. The number of hydrogen-bond donors (Lipinski definition) is 2. The Bertz CT molecular complexity index is 1590.